The highest BCUT2D eigenvalue weighted by atomic mass is 32.2. The Morgan fingerprint density at radius 3 is 2.57 bits per heavy atom. The summed E-state index contributed by atoms with van der Waals surface area (Å²) in [6.07, 6.45) is 0. The number of nitrogens with one attached hydrogen (secondary N) is 1. The first-order valence-electron chi connectivity index (χ1n) is 2.15. The molecule has 0 aliphatic heterocycles. The molecule has 0 aliphatic rings. The van der Waals surface area contributed by atoms with Crippen LogP contribution in [-0.4, -0.2) is 17.3 Å². The fourth-order valence-electron chi connectivity index (χ4n) is 0.212. The van der Waals surface area contributed by atoms with Crippen LogP contribution in [0.15, 0.2) is 0 Å². The van der Waals surface area contributed by atoms with Crippen LogP contribution in [-0.2, 0) is 0 Å². The normalized spacial score (nSPS) is 8.86. The molecule has 42 valence electrons. The van der Waals surface area contributed by atoms with Crippen LogP contribution >= 0.6 is 11.8 Å². The summed E-state index contributed by atoms with van der Waals surface area (Å²) in [6.45, 7) is 2.43. The van der Waals surface area contributed by atoms with E-state index >= 15 is 0 Å². The topological polar surface area (TPSA) is 49.9 Å². The van der Waals surface area contributed by atoms with E-state index < -0.39 is 0 Å². The molecule has 0 atom stereocenters. The van der Waals surface area contributed by atoms with Gasteiger partial charge < -0.3 is 5.73 Å². The van der Waals surface area contributed by atoms with Crippen LogP contribution in [0.4, 0.5) is 0 Å². The van der Waals surface area contributed by atoms with Gasteiger partial charge in [0.1, 0.15) is 0 Å². The molecule has 0 bridgehead atoms. The van der Waals surface area contributed by atoms with Gasteiger partial charge in [-0.3, -0.25) is 5.41 Å². The van der Waals surface area contributed by atoms with E-state index in [9.17, 15) is 0 Å². The molecule has 0 heterocycles. The Hall–Kier alpha value is -0.0200. The summed E-state index contributed by atoms with van der Waals surface area (Å²) in [7, 11) is 0. The Labute approximate surface area is 48.0 Å². The quantitative estimate of drug-likeness (QED) is 0.413. The maximum atomic E-state index is 6.91. The van der Waals surface area contributed by atoms with Gasteiger partial charge in [-0.1, -0.05) is 0 Å². The monoisotopic (exact) mass is 118 g/mol. The van der Waals surface area contributed by atoms with Gasteiger partial charge in [-0.2, -0.15) is 0 Å². The van der Waals surface area contributed by atoms with Gasteiger partial charge in [0.2, 0.25) is 0 Å². The van der Waals surface area contributed by atoms with Gasteiger partial charge >= 0.3 is 0 Å². The minimum absolute atomic E-state index is 0.644. The van der Waals surface area contributed by atoms with Crippen LogP contribution in [0.3, 0.4) is 0 Å². The van der Waals surface area contributed by atoms with Gasteiger partial charge in [-0.05, 0) is 6.92 Å². The predicted molar refractivity (Wildman–Crippen MR) is 34.9 cm³/mol. The van der Waals surface area contributed by atoms with Gasteiger partial charge in [0.25, 0.3) is 0 Å². The molecule has 2 nitrogen and oxygen atoms in total. The number of hydrogen-bond donors (Lipinski definition) is 2. The zero-order valence-electron chi connectivity index (χ0n) is 4.40. The molecule has 0 saturated heterocycles. The van der Waals surface area contributed by atoms with Crippen molar-refractivity contribution >= 4 is 16.8 Å². The lowest BCUT2D eigenvalue weighted by atomic mass is 10.8. The summed E-state index contributed by atoms with van der Waals surface area (Å²) >= 11 is 1.49. The highest BCUT2D eigenvalue weighted by Crippen LogP contribution is 1.97. The van der Waals surface area contributed by atoms with Crippen LogP contribution in [0.2, 0.25) is 0 Å². The van der Waals surface area contributed by atoms with Crippen molar-refractivity contribution in [3.63, 3.8) is 0 Å². The molecule has 0 unspecified atom stereocenters. The second kappa shape index (κ2) is 4.15. The number of rotatable bonds is 2. The van der Waals surface area contributed by atoms with E-state index in [0.29, 0.717) is 11.6 Å². The maximum absolute atomic E-state index is 6.91. The van der Waals surface area contributed by atoms with Crippen molar-refractivity contribution in [2.75, 3.05) is 12.3 Å². The van der Waals surface area contributed by atoms with Gasteiger partial charge in [-0.25, -0.2) is 0 Å². The van der Waals surface area contributed by atoms with Gasteiger partial charge in [0, 0.05) is 12.3 Å². The van der Waals surface area contributed by atoms with E-state index in [4.69, 9.17) is 11.1 Å². The molecule has 0 aromatic carbocycles. The molecule has 7 heavy (non-hydrogen) atoms. The van der Waals surface area contributed by atoms with Crippen molar-refractivity contribution in [2.45, 2.75) is 6.92 Å². The minimum atomic E-state index is 0.644. The maximum Gasteiger partial charge on any atom is 0.0610 e. The molecule has 0 aliphatic carbocycles. The fourth-order valence-corrected chi connectivity index (χ4v) is 0.636. The van der Waals surface area contributed by atoms with Crippen LogP contribution in [0.25, 0.3) is 0 Å². The van der Waals surface area contributed by atoms with E-state index in [2.05, 4.69) is 0 Å². The summed E-state index contributed by atoms with van der Waals surface area (Å²) < 4.78 is 0. The van der Waals surface area contributed by atoms with Crippen LogP contribution in [0.5, 0.6) is 0 Å². The van der Waals surface area contributed by atoms with E-state index in [1.54, 1.807) is 6.92 Å². The van der Waals surface area contributed by atoms with E-state index in [-0.39, 0.29) is 0 Å². The third-order valence-corrected chi connectivity index (χ3v) is 1.31. The molecule has 0 aromatic heterocycles. The van der Waals surface area contributed by atoms with Crippen molar-refractivity contribution in [1.82, 2.24) is 0 Å². The van der Waals surface area contributed by atoms with Gasteiger partial charge in [0.05, 0.1) is 5.04 Å². The first-order valence-corrected chi connectivity index (χ1v) is 3.14. The van der Waals surface area contributed by atoms with Crippen LogP contribution < -0.4 is 5.73 Å². The first-order chi connectivity index (χ1) is 3.27. The molecular weight excluding hydrogens is 108 g/mol. The third-order valence-electron chi connectivity index (χ3n) is 0.436. The standard InChI is InChI=1S/C4H10N2S/c1-4(6)7-3-2-5/h6H,2-3,5H2,1H3. The first kappa shape index (κ1) is 6.98. The Morgan fingerprint density at radius 1 is 1.86 bits per heavy atom. The van der Waals surface area contributed by atoms with E-state index in [1.165, 1.54) is 11.8 Å². The number of thioether (sulfide) groups is 1. The Kier molecular flexibility index (Phi) is 4.14. The highest BCUT2D eigenvalue weighted by Gasteiger charge is 1.83. The van der Waals surface area contributed by atoms with Crippen LogP contribution in [0, 0.1) is 5.41 Å². The zero-order valence-corrected chi connectivity index (χ0v) is 5.22. The Morgan fingerprint density at radius 2 is 2.43 bits per heavy atom. The molecular formula is C4H10N2S. The minimum Gasteiger partial charge on any atom is -0.330 e. The fraction of sp³-hybridized carbons (Fsp3) is 0.750. The highest BCUT2D eigenvalue weighted by molar-refractivity contribution is 8.13. The van der Waals surface area contributed by atoms with Crippen molar-refractivity contribution in [3.05, 3.63) is 0 Å². The lowest BCUT2D eigenvalue weighted by molar-refractivity contribution is 1.15. The van der Waals surface area contributed by atoms with Gasteiger partial charge in [0.15, 0.2) is 0 Å². The average Bonchev–Trinajstić information content (AvgIpc) is 1.61. The molecule has 0 fully saturated rings. The van der Waals surface area contributed by atoms with Crippen molar-refractivity contribution in [1.29, 1.82) is 5.41 Å². The molecule has 0 saturated carbocycles. The predicted octanol–water partition coefficient (Wildman–Crippen LogP) is 0.675. The molecule has 0 spiro atoms. The van der Waals surface area contributed by atoms with E-state index in [1.807, 2.05) is 0 Å². The Balaban J connectivity index is 2.82. The molecule has 3 heteroatoms. The molecule has 0 radical (unpaired) electrons. The Bertz CT molecular complexity index is 62.7. The molecule has 0 aromatic rings. The van der Waals surface area contributed by atoms with E-state index in [0.717, 1.165) is 5.75 Å². The van der Waals surface area contributed by atoms with Crippen LogP contribution in [0.1, 0.15) is 6.92 Å². The SMILES string of the molecule is CC(=N)SCCN. The molecule has 3 N–H and O–H groups in total. The summed E-state index contributed by atoms with van der Waals surface area (Å²) in [5, 5.41) is 7.55. The second-order valence-corrected chi connectivity index (χ2v) is 2.50. The largest absolute Gasteiger partial charge is 0.330 e. The summed E-state index contributed by atoms with van der Waals surface area (Å²) in [4.78, 5) is 0. The van der Waals surface area contributed by atoms with Crippen molar-refractivity contribution in [3.8, 4) is 0 Å². The summed E-state index contributed by atoms with van der Waals surface area (Å²) in [5.74, 6) is 0.870. The lowest BCUT2D eigenvalue weighted by Crippen LogP contribution is -2.02. The molecule has 0 rings (SSSR count). The lowest BCUT2D eigenvalue weighted by Gasteiger charge is -1.90. The summed E-state index contributed by atoms with van der Waals surface area (Å²) in [5.41, 5.74) is 5.16. The third kappa shape index (κ3) is 5.98. The average molecular weight is 118 g/mol. The second-order valence-electron chi connectivity index (χ2n) is 1.19. The number of hydrogen-bond acceptors (Lipinski definition) is 3. The van der Waals surface area contributed by atoms with Gasteiger partial charge in [-0.15, -0.1) is 11.8 Å². The summed E-state index contributed by atoms with van der Waals surface area (Å²) in [6, 6.07) is 0. The number of nitrogens with two attached hydrogens (primary N) is 1. The zero-order chi connectivity index (χ0) is 5.70. The van der Waals surface area contributed by atoms with Crippen molar-refractivity contribution in [2.24, 2.45) is 5.73 Å². The smallest absolute Gasteiger partial charge is 0.0610 e. The van der Waals surface area contributed by atoms with Crippen molar-refractivity contribution < 1.29 is 0 Å². The molecule has 0 amide bonds.